The molecule has 1 N–H and O–H groups in total. The first-order valence-corrected chi connectivity index (χ1v) is 8.03. The average molecular weight is 279 g/mol. The van der Waals surface area contributed by atoms with E-state index in [9.17, 15) is 5.11 Å². The van der Waals surface area contributed by atoms with Gasteiger partial charge >= 0.3 is 0 Å². The number of aromatic nitrogens is 2. The van der Waals surface area contributed by atoms with Crippen LogP contribution in [-0.2, 0) is 19.9 Å². The molecule has 4 heteroatoms. The first-order valence-electron chi connectivity index (χ1n) is 8.03. The van der Waals surface area contributed by atoms with Crippen LogP contribution in [0, 0.1) is 0 Å². The highest BCUT2D eigenvalue weighted by molar-refractivity contribution is 5.13. The van der Waals surface area contributed by atoms with Crippen molar-refractivity contribution < 1.29 is 5.11 Å². The molecule has 1 aliphatic rings. The smallest absolute Gasteiger partial charge is 0.0715 e. The number of aliphatic hydroxyl groups is 1. The molecule has 1 saturated heterocycles. The molecule has 0 aromatic carbocycles. The molecule has 1 aromatic rings. The van der Waals surface area contributed by atoms with Crippen molar-refractivity contribution in [3.8, 4) is 0 Å². The van der Waals surface area contributed by atoms with Gasteiger partial charge in [0.15, 0.2) is 0 Å². The molecule has 4 nitrogen and oxygen atoms in total. The third kappa shape index (κ3) is 3.83. The molecule has 1 unspecified atom stereocenters. The summed E-state index contributed by atoms with van der Waals surface area (Å²) in [5.74, 6) is 0. The van der Waals surface area contributed by atoms with Crippen LogP contribution in [0.1, 0.15) is 50.9 Å². The Labute approximate surface area is 122 Å². The van der Waals surface area contributed by atoms with Gasteiger partial charge < -0.3 is 10.0 Å². The van der Waals surface area contributed by atoms with Gasteiger partial charge in [-0.15, -0.1) is 0 Å². The molecule has 0 amide bonds. The first kappa shape index (κ1) is 15.5. The quantitative estimate of drug-likeness (QED) is 0.898. The molecule has 114 valence electrons. The summed E-state index contributed by atoms with van der Waals surface area (Å²) < 4.78 is 1.94. The molecule has 0 aliphatic carbocycles. The second-order valence-corrected chi connectivity index (χ2v) is 6.20. The predicted octanol–water partition coefficient (Wildman–Crippen LogP) is 2.15. The van der Waals surface area contributed by atoms with E-state index in [1.165, 1.54) is 6.42 Å². The van der Waals surface area contributed by atoms with Gasteiger partial charge in [0.1, 0.15) is 0 Å². The van der Waals surface area contributed by atoms with Gasteiger partial charge in [-0.3, -0.25) is 4.68 Å². The molecule has 0 bridgehead atoms. The van der Waals surface area contributed by atoms with Crippen LogP contribution in [0.25, 0.3) is 0 Å². The molecular formula is C16H29N3O. The van der Waals surface area contributed by atoms with Crippen molar-refractivity contribution in [2.75, 3.05) is 19.6 Å². The van der Waals surface area contributed by atoms with E-state index in [2.05, 4.69) is 29.9 Å². The largest absolute Gasteiger partial charge is 0.389 e. The fourth-order valence-electron chi connectivity index (χ4n) is 3.20. The number of aryl methyl sites for hydroxylation is 2. The maximum atomic E-state index is 10.9. The topological polar surface area (TPSA) is 41.3 Å². The Bertz CT molecular complexity index is 429. The number of hydrogen-bond donors (Lipinski definition) is 1. The van der Waals surface area contributed by atoms with Crippen LogP contribution in [0.5, 0.6) is 0 Å². The van der Waals surface area contributed by atoms with Crippen LogP contribution < -0.4 is 0 Å². The van der Waals surface area contributed by atoms with Crippen LogP contribution >= 0.6 is 0 Å². The number of hydrogen-bond acceptors (Lipinski definition) is 3. The molecule has 2 rings (SSSR count). The standard InChI is InChI=1S/C16H29N3O/c1-4-9-19-10-6-7-16(20,8-11-19)13-15-12-14(5-2)17-18(15)3/h12,20H,4-11,13H2,1-3H3. The Balaban J connectivity index is 2.01. The van der Waals surface area contributed by atoms with Crippen molar-refractivity contribution in [3.05, 3.63) is 17.5 Å². The SMILES string of the molecule is CCCN1CCCC(O)(Cc2cc(CC)nn2C)CC1. The van der Waals surface area contributed by atoms with Crippen LogP contribution in [0.3, 0.4) is 0 Å². The summed E-state index contributed by atoms with van der Waals surface area (Å²) in [5, 5.41) is 15.4. The zero-order valence-corrected chi connectivity index (χ0v) is 13.2. The summed E-state index contributed by atoms with van der Waals surface area (Å²) in [6.45, 7) is 7.64. The van der Waals surface area contributed by atoms with E-state index in [4.69, 9.17) is 0 Å². The second-order valence-electron chi connectivity index (χ2n) is 6.20. The Hall–Kier alpha value is -0.870. The van der Waals surface area contributed by atoms with Crippen molar-refractivity contribution in [3.63, 3.8) is 0 Å². The molecule has 20 heavy (non-hydrogen) atoms. The van der Waals surface area contributed by atoms with Crippen LogP contribution in [0.2, 0.25) is 0 Å². The van der Waals surface area contributed by atoms with Crippen LogP contribution in [0.4, 0.5) is 0 Å². The predicted molar refractivity (Wildman–Crippen MR) is 81.8 cm³/mol. The molecule has 1 aliphatic heterocycles. The third-order valence-electron chi connectivity index (χ3n) is 4.45. The zero-order valence-electron chi connectivity index (χ0n) is 13.2. The number of likely N-dealkylation sites (tertiary alicyclic amines) is 1. The molecule has 0 spiro atoms. The highest BCUT2D eigenvalue weighted by Gasteiger charge is 2.31. The van der Waals surface area contributed by atoms with Gasteiger partial charge in [-0.25, -0.2) is 0 Å². The molecule has 0 radical (unpaired) electrons. The van der Waals surface area contributed by atoms with Crippen LogP contribution in [0.15, 0.2) is 6.07 Å². The van der Waals surface area contributed by atoms with Crippen molar-refractivity contribution >= 4 is 0 Å². The zero-order chi connectivity index (χ0) is 14.6. The first-order chi connectivity index (χ1) is 9.56. The minimum Gasteiger partial charge on any atom is -0.389 e. The lowest BCUT2D eigenvalue weighted by Gasteiger charge is -2.27. The van der Waals surface area contributed by atoms with Crippen molar-refractivity contribution in [1.29, 1.82) is 0 Å². The molecular weight excluding hydrogens is 250 g/mol. The summed E-state index contributed by atoms with van der Waals surface area (Å²) in [6, 6.07) is 2.15. The number of nitrogens with zero attached hydrogens (tertiary/aromatic N) is 3. The van der Waals surface area contributed by atoms with E-state index in [1.54, 1.807) is 0 Å². The second kappa shape index (κ2) is 6.72. The Kier molecular flexibility index (Phi) is 5.22. The summed E-state index contributed by atoms with van der Waals surface area (Å²) in [5.41, 5.74) is 1.72. The van der Waals surface area contributed by atoms with Crippen molar-refractivity contribution in [2.24, 2.45) is 7.05 Å². The highest BCUT2D eigenvalue weighted by atomic mass is 16.3. The van der Waals surface area contributed by atoms with Gasteiger partial charge in [-0.1, -0.05) is 13.8 Å². The van der Waals surface area contributed by atoms with Crippen LogP contribution in [-0.4, -0.2) is 45.0 Å². The van der Waals surface area contributed by atoms with Gasteiger partial charge in [0.2, 0.25) is 0 Å². The monoisotopic (exact) mass is 279 g/mol. The van der Waals surface area contributed by atoms with E-state index in [1.807, 2.05) is 11.7 Å². The van der Waals surface area contributed by atoms with Gasteiger partial charge in [0.25, 0.3) is 0 Å². The average Bonchev–Trinajstić information content (AvgIpc) is 2.65. The van der Waals surface area contributed by atoms with Gasteiger partial charge in [-0.05, 0) is 51.3 Å². The third-order valence-corrected chi connectivity index (χ3v) is 4.45. The summed E-state index contributed by atoms with van der Waals surface area (Å²) >= 11 is 0. The van der Waals surface area contributed by atoms with E-state index in [0.717, 1.165) is 63.1 Å². The van der Waals surface area contributed by atoms with E-state index in [0.29, 0.717) is 0 Å². The maximum absolute atomic E-state index is 10.9. The fraction of sp³-hybridized carbons (Fsp3) is 0.812. The van der Waals surface area contributed by atoms with Gasteiger partial charge in [0.05, 0.1) is 11.3 Å². The fourth-order valence-corrected chi connectivity index (χ4v) is 3.20. The lowest BCUT2D eigenvalue weighted by atomic mass is 9.89. The van der Waals surface area contributed by atoms with E-state index >= 15 is 0 Å². The minimum absolute atomic E-state index is 0.554. The Morgan fingerprint density at radius 3 is 2.75 bits per heavy atom. The van der Waals surface area contributed by atoms with E-state index < -0.39 is 5.60 Å². The molecule has 0 saturated carbocycles. The molecule has 1 fully saturated rings. The summed E-state index contributed by atoms with van der Waals surface area (Å²) in [6.07, 6.45) is 5.75. The van der Waals surface area contributed by atoms with Gasteiger partial charge in [-0.2, -0.15) is 5.10 Å². The number of rotatable bonds is 5. The molecule has 1 aromatic heterocycles. The summed E-state index contributed by atoms with van der Waals surface area (Å²) in [4.78, 5) is 2.48. The van der Waals surface area contributed by atoms with Crippen molar-refractivity contribution in [2.45, 2.75) is 58.0 Å². The lowest BCUT2D eigenvalue weighted by molar-refractivity contribution is 0.0240. The maximum Gasteiger partial charge on any atom is 0.0715 e. The molecule has 2 heterocycles. The normalized spacial score (nSPS) is 24.8. The highest BCUT2D eigenvalue weighted by Crippen LogP contribution is 2.26. The summed E-state index contributed by atoms with van der Waals surface area (Å²) in [7, 11) is 1.98. The Morgan fingerprint density at radius 1 is 1.30 bits per heavy atom. The molecule has 1 atom stereocenters. The van der Waals surface area contributed by atoms with Gasteiger partial charge in [0, 0.05) is 25.7 Å². The lowest BCUT2D eigenvalue weighted by Crippen LogP contribution is -2.34. The van der Waals surface area contributed by atoms with Crippen molar-refractivity contribution in [1.82, 2.24) is 14.7 Å². The van der Waals surface area contributed by atoms with E-state index in [-0.39, 0.29) is 0 Å². The minimum atomic E-state index is -0.554. The Morgan fingerprint density at radius 2 is 2.10 bits per heavy atom.